The van der Waals surface area contributed by atoms with Gasteiger partial charge in [-0.05, 0) is 31.8 Å². The van der Waals surface area contributed by atoms with E-state index in [-0.39, 0.29) is 11.9 Å². The summed E-state index contributed by atoms with van der Waals surface area (Å²) in [6.07, 6.45) is 0. The predicted octanol–water partition coefficient (Wildman–Crippen LogP) is 0.610. The van der Waals surface area contributed by atoms with Gasteiger partial charge < -0.3 is 20.3 Å². The molecule has 7 nitrogen and oxygen atoms in total. The average Bonchev–Trinajstić information content (AvgIpc) is 2.74. The van der Waals surface area contributed by atoms with E-state index in [9.17, 15) is 4.39 Å². The maximum atomic E-state index is 13.4. The standard InChI is InChI=1S/C21H35FN6O/c1-23-21(24-14-19-16-26(2)8-9-27(19)3)25-15-20(28-10-12-29-13-11-28)17-4-6-18(22)7-5-17/h4-7,19-20H,8-16H2,1-3H3,(H2,23,24,25). The SMILES string of the molecule is CN=C(NCC1CN(C)CCN1C)NCC(c1ccc(F)cc1)N1CCOCC1. The monoisotopic (exact) mass is 406 g/mol. The largest absolute Gasteiger partial charge is 0.379 e. The highest BCUT2D eigenvalue weighted by Gasteiger charge is 2.24. The molecule has 2 heterocycles. The molecule has 0 aromatic heterocycles. The molecule has 1 aromatic rings. The van der Waals surface area contributed by atoms with Crippen LogP contribution in [0.3, 0.4) is 0 Å². The molecule has 0 aliphatic carbocycles. The number of morpholine rings is 1. The highest BCUT2D eigenvalue weighted by atomic mass is 19.1. The normalized spacial score (nSPS) is 23.7. The van der Waals surface area contributed by atoms with Crippen molar-refractivity contribution < 1.29 is 9.13 Å². The van der Waals surface area contributed by atoms with E-state index in [1.54, 1.807) is 7.05 Å². The molecule has 2 atom stereocenters. The number of nitrogens with zero attached hydrogens (tertiary/aromatic N) is 4. The summed E-state index contributed by atoms with van der Waals surface area (Å²) in [5.74, 6) is 0.591. The molecule has 0 spiro atoms. The van der Waals surface area contributed by atoms with Gasteiger partial charge in [-0.15, -0.1) is 0 Å². The van der Waals surface area contributed by atoms with E-state index >= 15 is 0 Å². The van der Waals surface area contributed by atoms with Gasteiger partial charge in [0, 0.05) is 58.9 Å². The van der Waals surface area contributed by atoms with Crippen molar-refractivity contribution >= 4 is 5.96 Å². The van der Waals surface area contributed by atoms with E-state index in [0.29, 0.717) is 12.6 Å². The van der Waals surface area contributed by atoms with E-state index in [1.807, 2.05) is 12.1 Å². The second kappa shape index (κ2) is 10.9. The van der Waals surface area contributed by atoms with Crippen LogP contribution in [0.25, 0.3) is 0 Å². The third-order valence-corrected chi connectivity index (χ3v) is 5.91. The lowest BCUT2D eigenvalue weighted by Gasteiger charge is -2.38. The number of hydrogen-bond donors (Lipinski definition) is 2. The van der Waals surface area contributed by atoms with E-state index in [4.69, 9.17) is 4.74 Å². The van der Waals surface area contributed by atoms with Crippen LogP contribution in [0.1, 0.15) is 11.6 Å². The van der Waals surface area contributed by atoms with Crippen molar-refractivity contribution in [3.63, 3.8) is 0 Å². The van der Waals surface area contributed by atoms with Crippen LogP contribution in [0, 0.1) is 5.82 Å². The molecular weight excluding hydrogens is 371 g/mol. The second-order valence-corrected chi connectivity index (χ2v) is 7.95. The van der Waals surface area contributed by atoms with Gasteiger partial charge in [0.05, 0.1) is 19.3 Å². The van der Waals surface area contributed by atoms with Gasteiger partial charge in [0.15, 0.2) is 5.96 Å². The Morgan fingerprint density at radius 3 is 2.55 bits per heavy atom. The fourth-order valence-electron chi connectivity index (χ4n) is 3.98. The van der Waals surface area contributed by atoms with Crippen LogP contribution in [0.2, 0.25) is 0 Å². The molecule has 0 saturated carbocycles. The molecule has 162 valence electrons. The summed E-state index contributed by atoms with van der Waals surface area (Å²) in [4.78, 5) is 11.6. The van der Waals surface area contributed by atoms with Crippen LogP contribution in [0.5, 0.6) is 0 Å². The lowest BCUT2D eigenvalue weighted by Crippen LogP contribution is -2.55. The topological polar surface area (TPSA) is 55.4 Å². The number of piperazine rings is 1. The molecule has 2 N–H and O–H groups in total. The minimum Gasteiger partial charge on any atom is -0.379 e. The van der Waals surface area contributed by atoms with Crippen LogP contribution < -0.4 is 10.6 Å². The molecular formula is C21H35FN6O. The van der Waals surface area contributed by atoms with Gasteiger partial charge in [-0.25, -0.2) is 4.39 Å². The van der Waals surface area contributed by atoms with Crippen LogP contribution in [-0.4, -0.2) is 107 Å². The molecule has 1 aromatic carbocycles. The van der Waals surface area contributed by atoms with Crippen molar-refractivity contribution in [2.75, 3.05) is 80.2 Å². The highest BCUT2D eigenvalue weighted by Crippen LogP contribution is 2.21. The first-order chi connectivity index (χ1) is 14.1. The first-order valence-electron chi connectivity index (χ1n) is 10.5. The molecule has 2 saturated heterocycles. The number of benzene rings is 1. The Hall–Kier alpha value is -1.74. The summed E-state index contributed by atoms with van der Waals surface area (Å²) >= 11 is 0. The van der Waals surface area contributed by atoms with Gasteiger partial charge in [-0.2, -0.15) is 0 Å². The van der Waals surface area contributed by atoms with Crippen LogP contribution in [-0.2, 0) is 4.74 Å². The molecule has 2 aliphatic rings. The minimum absolute atomic E-state index is 0.140. The summed E-state index contributed by atoms with van der Waals surface area (Å²) in [5.41, 5.74) is 1.10. The first-order valence-corrected chi connectivity index (χ1v) is 10.5. The zero-order chi connectivity index (χ0) is 20.6. The molecule has 8 heteroatoms. The van der Waals surface area contributed by atoms with E-state index in [2.05, 4.69) is 44.4 Å². The number of nitrogens with one attached hydrogen (secondary N) is 2. The molecule has 2 aliphatic heterocycles. The molecule has 2 fully saturated rings. The summed E-state index contributed by atoms with van der Waals surface area (Å²) in [6, 6.07) is 7.41. The van der Waals surface area contributed by atoms with Gasteiger partial charge in [-0.1, -0.05) is 12.1 Å². The van der Waals surface area contributed by atoms with Gasteiger partial charge in [0.25, 0.3) is 0 Å². The minimum atomic E-state index is -0.207. The maximum Gasteiger partial charge on any atom is 0.191 e. The number of guanidine groups is 1. The van der Waals surface area contributed by atoms with Crippen LogP contribution in [0.15, 0.2) is 29.3 Å². The molecule has 0 amide bonds. The average molecular weight is 407 g/mol. The van der Waals surface area contributed by atoms with E-state index in [0.717, 1.165) is 64.0 Å². The maximum absolute atomic E-state index is 13.4. The second-order valence-electron chi connectivity index (χ2n) is 7.95. The number of halogens is 1. The Kier molecular flexibility index (Phi) is 8.23. The number of aliphatic imine (C=N–C) groups is 1. The smallest absolute Gasteiger partial charge is 0.191 e. The Bertz CT molecular complexity index is 649. The Labute approximate surface area is 173 Å². The third kappa shape index (κ3) is 6.37. The number of hydrogen-bond acceptors (Lipinski definition) is 5. The zero-order valence-electron chi connectivity index (χ0n) is 17.9. The summed E-state index contributed by atoms with van der Waals surface area (Å²) in [5, 5.41) is 6.95. The van der Waals surface area contributed by atoms with Crippen LogP contribution in [0.4, 0.5) is 4.39 Å². The molecule has 0 bridgehead atoms. The van der Waals surface area contributed by atoms with Gasteiger partial charge >= 0.3 is 0 Å². The molecule has 3 rings (SSSR count). The van der Waals surface area contributed by atoms with Crippen molar-refractivity contribution in [1.82, 2.24) is 25.3 Å². The molecule has 29 heavy (non-hydrogen) atoms. The summed E-state index contributed by atoms with van der Waals surface area (Å²) in [7, 11) is 6.15. The van der Waals surface area contributed by atoms with Gasteiger partial charge in [0.2, 0.25) is 0 Å². The quantitative estimate of drug-likeness (QED) is 0.533. The molecule has 2 unspecified atom stereocenters. The fraction of sp³-hybridized carbons (Fsp3) is 0.667. The highest BCUT2D eigenvalue weighted by molar-refractivity contribution is 5.79. The lowest BCUT2D eigenvalue weighted by molar-refractivity contribution is 0.0169. The molecule has 0 radical (unpaired) electrons. The number of ether oxygens (including phenoxy) is 1. The van der Waals surface area contributed by atoms with Crippen molar-refractivity contribution in [2.24, 2.45) is 4.99 Å². The Balaban J connectivity index is 1.58. The van der Waals surface area contributed by atoms with E-state index < -0.39 is 0 Å². The lowest BCUT2D eigenvalue weighted by atomic mass is 10.0. The Morgan fingerprint density at radius 1 is 1.14 bits per heavy atom. The third-order valence-electron chi connectivity index (χ3n) is 5.91. The van der Waals surface area contributed by atoms with Crippen molar-refractivity contribution in [2.45, 2.75) is 12.1 Å². The van der Waals surface area contributed by atoms with Crippen LogP contribution >= 0.6 is 0 Å². The van der Waals surface area contributed by atoms with Crippen molar-refractivity contribution in [3.8, 4) is 0 Å². The van der Waals surface area contributed by atoms with Gasteiger partial charge in [0.1, 0.15) is 5.82 Å². The predicted molar refractivity (Wildman–Crippen MR) is 115 cm³/mol. The summed E-state index contributed by atoms with van der Waals surface area (Å²) < 4.78 is 18.9. The summed E-state index contributed by atoms with van der Waals surface area (Å²) in [6.45, 7) is 7.98. The zero-order valence-corrected chi connectivity index (χ0v) is 17.9. The van der Waals surface area contributed by atoms with Crippen molar-refractivity contribution in [1.29, 1.82) is 0 Å². The van der Waals surface area contributed by atoms with Gasteiger partial charge in [-0.3, -0.25) is 14.8 Å². The number of likely N-dealkylation sites (N-methyl/N-ethyl adjacent to an activating group) is 2. The van der Waals surface area contributed by atoms with Crippen molar-refractivity contribution in [3.05, 3.63) is 35.6 Å². The van der Waals surface area contributed by atoms with E-state index in [1.165, 1.54) is 12.1 Å². The fourth-order valence-corrected chi connectivity index (χ4v) is 3.98. The Morgan fingerprint density at radius 2 is 1.86 bits per heavy atom. The number of rotatable bonds is 6. The first kappa shape index (κ1) is 22.0.